The quantitative estimate of drug-likeness (QED) is 0.355. The van der Waals surface area contributed by atoms with Gasteiger partial charge in [0.2, 0.25) is 0 Å². The summed E-state index contributed by atoms with van der Waals surface area (Å²) < 4.78 is 15.9. The maximum atomic E-state index is 14.0. The molecule has 3 nitrogen and oxygen atoms in total. The summed E-state index contributed by atoms with van der Waals surface area (Å²) in [5.74, 6) is -0.305. The van der Waals surface area contributed by atoms with Crippen LogP contribution in [0.25, 0.3) is 40.1 Å². The lowest BCUT2D eigenvalue weighted by atomic mass is 10.0. The molecular formula is C24H14FN3S. The van der Waals surface area contributed by atoms with Gasteiger partial charge in [0, 0.05) is 10.4 Å². The predicted octanol–water partition coefficient (Wildman–Crippen LogP) is 6.40. The molecule has 0 amide bonds. The second-order valence-electron chi connectivity index (χ2n) is 6.59. The van der Waals surface area contributed by atoms with Crippen LogP contribution < -0.4 is 0 Å². The van der Waals surface area contributed by atoms with E-state index < -0.39 is 0 Å². The van der Waals surface area contributed by atoms with Crippen molar-refractivity contribution in [1.82, 2.24) is 9.38 Å². The highest BCUT2D eigenvalue weighted by atomic mass is 32.1. The molecule has 0 aliphatic rings. The number of imidazole rings is 1. The lowest BCUT2D eigenvalue weighted by Crippen LogP contribution is -1.98. The second kappa shape index (κ2) is 7.01. The summed E-state index contributed by atoms with van der Waals surface area (Å²) in [5, 5.41) is 11.9. The van der Waals surface area contributed by atoms with Gasteiger partial charge < -0.3 is 0 Å². The van der Waals surface area contributed by atoms with Crippen LogP contribution in [0, 0.1) is 17.1 Å². The van der Waals surface area contributed by atoms with Gasteiger partial charge in [-0.1, -0.05) is 36.4 Å². The van der Waals surface area contributed by atoms with Crippen molar-refractivity contribution in [3.63, 3.8) is 0 Å². The first kappa shape index (κ1) is 17.4. The Labute approximate surface area is 170 Å². The maximum Gasteiger partial charge on any atom is 0.157 e. The lowest BCUT2D eigenvalue weighted by molar-refractivity contribution is 0.628. The van der Waals surface area contributed by atoms with Gasteiger partial charge in [0.15, 0.2) is 5.65 Å². The van der Waals surface area contributed by atoms with E-state index >= 15 is 0 Å². The largest absolute Gasteiger partial charge is 0.291 e. The smallest absolute Gasteiger partial charge is 0.157 e. The van der Waals surface area contributed by atoms with Gasteiger partial charge in [0.25, 0.3) is 0 Å². The highest BCUT2D eigenvalue weighted by molar-refractivity contribution is 7.10. The molecule has 29 heavy (non-hydrogen) atoms. The molecule has 0 bridgehead atoms. The number of rotatable bonds is 3. The molecule has 0 saturated carbocycles. The Kier molecular flexibility index (Phi) is 4.19. The van der Waals surface area contributed by atoms with Crippen molar-refractivity contribution in [2.45, 2.75) is 0 Å². The number of fused-ring (bicyclic) bond motifs is 3. The predicted molar refractivity (Wildman–Crippen MR) is 116 cm³/mol. The molecule has 5 heteroatoms. The monoisotopic (exact) mass is 395 g/mol. The Morgan fingerprint density at radius 3 is 2.69 bits per heavy atom. The molecule has 5 aromatic rings. The van der Waals surface area contributed by atoms with Gasteiger partial charge in [0.05, 0.1) is 16.7 Å². The first-order chi connectivity index (χ1) is 14.2. The van der Waals surface area contributed by atoms with E-state index in [4.69, 9.17) is 4.98 Å². The number of para-hydroxylation sites is 2. The molecule has 138 valence electrons. The van der Waals surface area contributed by atoms with Gasteiger partial charge in [-0.15, -0.1) is 11.3 Å². The maximum absolute atomic E-state index is 14.0. The minimum Gasteiger partial charge on any atom is -0.291 e. The van der Waals surface area contributed by atoms with Crippen molar-refractivity contribution < 1.29 is 4.39 Å². The Bertz CT molecular complexity index is 1420. The zero-order valence-corrected chi connectivity index (χ0v) is 16.0. The van der Waals surface area contributed by atoms with Crippen molar-refractivity contribution in [3.8, 4) is 17.3 Å². The van der Waals surface area contributed by atoms with E-state index in [0.29, 0.717) is 11.2 Å². The summed E-state index contributed by atoms with van der Waals surface area (Å²) in [4.78, 5) is 5.81. The highest BCUT2D eigenvalue weighted by Crippen LogP contribution is 2.31. The molecule has 0 N–H and O–H groups in total. The average molecular weight is 395 g/mol. The molecule has 0 saturated heterocycles. The summed E-state index contributed by atoms with van der Waals surface area (Å²) >= 11 is 1.63. The van der Waals surface area contributed by atoms with Gasteiger partial charge in [-0.05, 0) is 53.4 Å². The van der Waals surface area contributed by atoms with Crippen LogP contribution in [0.1, 0.15) is 16.0 Å². The molecule has 5 rings (SSSR count). The van der Waals surface area contributed by atoms with Crippen LogP contribution in [-0.4, -0.2) is 9.38 Å². The van der Waals surface area contributed by atoms with Crippen LogP contribution in [0.2, 0.25) is 0 Å². The van der Waals surface area contributed by atoms with Gasteiger partial charge in [-0.3, -0.25) is 4.40 Å². The van der Waals surface area contributed by atoms with Gasteiger partial charge in [-0.2, -0.15) is 5.26 Å². The van der Waals surface area contributed by atoms with Crippen molar-refractivity contribution in [3.05, 3.63) is 93.9 Å². The summed E-state index contributed by atoms with van der Waals surface area (Å²) in [6.45, 7) is 0. The number of halogens is 1. The number of thiophene rings is 1. The second-order valence-corrected chi connectivity index (χ2v) is 7.57. The van der Waals surface area contributed by atoms with Crippen molar-refractivity contribution in [2.24, 2.45) is 0 Å². The van der Waals surface area contributed by atoms with Crippen molar-refractivity contribution in [1.29, 1.82) is 5.26 Å². The van der Waals surface area contributed by atoms with Gasteiger partial charge in [-0.25, -0.2) is 9.37 Å². The molecule has 0 atom stereocenters. The number of benzene rings is 2. The van der Waals surface area contributed by atoms with Crippen molar-refractivity contribution in [2.75, 3.05) is 0 Å². The third-order valence-corrected chi connectivity index (χ3v) is 5.65. The van der Waals surface area contributed by atoms with Crippen LogP contribution >= 0.6 is 11.3 Å². The van der Waals surface area contributed by atoms with E-state index in [0.717, 1.165) is 32.7 Å². The van der Waals surface area contributed by atoms with Crippen LogP contribution in [0.4, 0.5) is 4.39 Å². The van der Waals surface area contributed by atoms with Crippen LogP contribution in [0.5, 0.6) is 0 Å². The fourth-order valence-corrected chi connectivity index (χ4v) is 4.13. The molecular weight excluding hydrogens is 381 g/mol. The zero-order chi connectivity index (χ0) is 19.8. The third-order valence-electron chi connectivity index (χ3n) is 4.81. The number of hydrogen-bond acceptors (Lipinski definition) is 3. The van der Waals surface area contributed by atoms with Gasteiger partial charge in [0.1, 0.15) is 17.4 Å². The molecule has 2 aromatic carbocycles. The average Bonchev–Trinajstić information content (AvgIpc) is 3.39. The van der Waals surface area contributed by atoms with Crippen LogP contribution in [0.15, 0.2) is 72.1 Å². The summed E-state index contributed by atoms with van der Waals surface area (Å²) in [6.07, 6.45) is 3.90. The van der Waals surface area contributed by atoms with E-state index in [1.54, 1.807) is 17.4 Å². The number of nitrogens with zero attached hydrogens (tertiary/aromatic N) is 3. The minimum atomic E-state index is -0.305. The fraction of sp³-hybridized carbons (Fsp3) is 0. The van der Waals surface area contributed by atoms with Gasteiger partial charge >= 0.3 is 0 Å². The number of aromatic nitrogens is 2. The van der Waals surface area contributed by atoms with E-state index in [1.807, 2.05) is 70.5 Å². The molecule has 0 aliphatic carbocycles. The minimum absolute atomic E-state index is 0.305. The normalized spacial score (nSPS) is 11.4. The van der Waals surface area contributed by atoms with Crippen LogP contribution in [-0.2, 0) is 0 Å². The van der Waals surface area contributed by atoms with Crippen LogP contribution in [0.3, 0.4) is 0 Å². The van der Waals surface area contributed by atoms with E-state index in [-0.39, 0.29) is 5.82 Å². The fourth-order valence-electron chi connectivity index (χ4n) is 3.51. The summed E-state index contributed by atoms with van der Waals surface area (Å²) in [6, 6.07) is 22.5. The lowest BCUT2D eigenvalue weighted by Gasteiger charge is -2.11. The molecule has 3 heterocycles. The standard InChI is InChI=1S/C24H14FN3S/c25-18-6-3-5-17(13-18)23-14-16(10-11-19-7-4-12-29-19)20(15-26)24-27-21-8-1-2-9-22(21)28(23)24/h1-14H/b11-10+. The summed E-state index contributed by atoms with van der Waals surface area (Å²) in [5.41, 5.74) is 5.01. The zero-order valence-electron chi connectivity index (χ0n) is 15.2. The Hall–Kier alpha value is -3.75. The SMILES string of the molecule is N#Cc1c(/C=C/c2cccs2)cc(-c2cccc(F)c2)n2c1nc1ccccc12. The Balaban J connectivity index is 1.87. The van der Waals surface area contributed by atoms with E-state index in [1.165, 1.54) is 12.1 Å². The number of pyridine rings is 1. The first-order valence-electron chi connectivity index (χ1n) is 9.06. The number of hydrogen-bond donors (Lipinski definition) is 0. The topological polar surface area (TPSA) is 41.1 Å². The highest BCUT2D eigenvalue weighted by Gasteiger charge is 2.17. The molecule has 0 fully saturated rings. The molecule has 0 spiro atoms. The third kappa shape index (κ3) is 3.00. The molecule has 0 radical (unpaired) electrons. The first-order valence-corrected chi connectivity index (χ1v) is 9.94. The Morgan fingerprint density at radius 1 is 1.00 bits per heavy atom. The molecule has 3 aromatic heterocycles. The Morgan fingerprint density at radius 2 is 1.90 bits per heavy atom. The van der Waals surface area contributed by atoms with E-state index in [9.17, 15) is 9.65 Å². The number of nitriles is 1. The molecule has 0 aliphatic heterocycles. The summed E-state index contributed by atoms with van der Waals surface area (Å²) in [7, 11) is 0. The van der Waals surface area contributed by atoms with E-state index in [2.05, 4.69) is 6.07 Å². The van der Waals surface area contributed by atoms with Crippen molar-refractivity contribution >= 4 is 40.2 Å². The molecule has 0 unspecified atom stereocenters.